The first-order valence-corrected chi connectivity index (χ1v) is 15.2. The van der Waals surface area contributed by atoms with Gasteiger partial charge in [0.2, 0.25) is 12.1 Å². The third-order valence-corrected chi connectivity index (χ3v) is 11.9. The van der Waals surface area contributed by atoms with Crippen LogP contribution < -0.4 is 0 Å². The number of rotatable bonds is 5. The molecule has 10 nitrogen and oxygen atoms in total. The number of carbonyl (C=O) groups excluding carboxylic acids is 4. The van der Waals surface area contributed by atoms with Crippen molar-refractivity contribution in [3.63, 3.8) is 0 Å². The van der Waals surface area contributed by atoms with E-state index in [-0.39, 0.29) is 54.9 Å². The molecule has 4 aliphatic carbocycles. The van der Waals surface area contributed by atoms with Gasteiger partial charge in [0, 0.05) is 30.3 Å². The molecular weight excluding hydrogens is 532 g/mol. The molecule has 41 heavy (non-hydrogen) atoms. The van der Waals surface area contributed by atoms with Gasteiger partial charge in [-0.05, 0) is 87.5 Å². The molecule has 226 valence electrons. The Labute approximate surface area is 240 Å². The van der Waals surface area contributed by atoms with Gasteiger partial charge < -0.3 is 34.0 Å². The van der Waals surface area contributed by atoms with Crippen LogP contribution in [0.1, 0.15) is 78.6 Å². The largest absolute Gasteiger partial charge is 0.458 e. The van der Waals surface area contributed by atoms with Crippen LogP contribution in [0.25, 0.3) is 0 Å². The van der Waals surface area contributed by atoms with E-state index in [0.717, 1.165) is 24.7 Å². The normalized spacial score (nSPS) is 49.3. The predicted molar refractivity (Wildman–Crippen MR) is 142 cm³/mol. The lowest BCUT2D eigenvalue weighted by molar-refractivity contribution is -0.252. The van der Waals surface area contributed by atoms with E-state index in [9.17, 15) is 29.4 Å². The summed E-state index contributed by atoms with van der Waals surface area (Å²) in [5, 5.41) is 24.1. The number of aldehydes is 1. The maximum Gasteiger partial charge on any atom is 0.331 e. The Morgan fingerprint density at radius 3 is 2.56 bits per heavy atom. The summed E-state index contributed by atoms with van der Waals surface area (Å²) in [5.74, 6) is -1.79. The maximum absolute atomic E-state index is 13.0. The summed E-state index contributed by atoms with van der Waals surface area (Å²) in [6.45, 7) is 5.23. The number of hydrogen-bond acceptors (Lipinski definition) is 10. The highest BCUT2D eigenvalue weighted by atomic mass is 16.7. The van der Waals surface area contributed by atoms with Gasteiger partial charge in [0.05, 0.1) is 23.9 Å². The fourth-order valence-corrected chi connectivity index (χ4v) is 9.89. The van der Waals surface area contributed by atoms with Gasteiger partial charge in [-0.3, -0.25) is 9.59 Å². The number of aliphatic hydroxyl groups excluding tert-OH is 1. The van der Waals surface area contributed by atoms with E-state index in [2.05, 4.69) is 0 Å². The minimum Gasteiger partial charge on any atom is -0.458 e. The molecule has 2 heterocycles. The van der Waals surface area contributed by atoms with E-state index in [1.54, 1.807) is 0 Å². The molecule has 0 radical (unpaired) electrons. The predicted octanol–water partition coefficient (Wildman–Crippen LogP) is 2.41. The lowest BCUT2D eigenvalue weighted by atomic mass is 9.42. The van der Waals surface area contributed by atoms with Crippen LogP contribution in [0, 0.1) is 34.5 Å². The highest BCUT2D eigenvalue weighted by Crippen LogP contribution is 2.69. The van der Waals surface area contributed by atoms with E-state index >= 15 is 0 Å². The smallest absolute Gasteiger partial charge is 0.331 e. The van der Waals surface area contributed by atoms with Crippen molar-refractivity contribution in [3.05, 3.63) is 11.6 Å². The SMILES string of the molecule is CC(=O)OC1CC(C)OC(OC2CCC3(C=O)C(CCC4C3CC(O)C3(C)C(C5=CC(=O)OC5)CCC43O)C2)C1=O. The van der Waals surface area contributed by atoms with Crippen LogP contribution in [0.4, 0.5) is 0 Å². The van der Waals surface area contributed by atoms with Crippen molar-refractivity contribution in [2.75, 3.05) is 6.61 Å². The highest BCUT2D eigenvalue weighted by molar-refractivity contribution is 5.88. The van der Waals surface area contributed by atoms with Gasteiger partial charge in [-0.15, -0.1) is 0 Å². The molecule has 0 aromatic heterocycles. The van der Waals surface area contributed by atoms with Crippen molar-refractivity contribution in [3.8, 4) is 0 Å². The number of ether oxygens (including phenoxy) is 4. The fraction of sp³-hybridized carbons (Fsp3) is 0.806. The van der Waals surface area contributed by atoms with Crippen LogP contribution >= 0.6 is 0 Å². The standard InChI is InChI=1S/C31H42O10/c1-16-10-24(40-17(2)33)27(36)28(39-16)41-20-6-8-30(15-32)19(12-20)4-5-22-23(30)13-25(34)29(3)21(7-9-31(22,29)37)18-11-26(35)38-14-18/h11,15-16,19-25,28,34,37H,4-10,12-14H2,1-3H3. The minimum atomic E-state index is -1.16. The van der Waals surface area contributed by atoms with Gasteiger partial charge >= 0.3 is 11.9 Å². The van der Waals surface area contributed by atoms with E-state index in [4.69, 9.17) is 18.9 Å². The zero-order chi connectivity index (χ0) is 29.3. The molecule has 1 saturated heterocycles. The second-order valence-electron chi connectivity index (χ2n) is 13.6. The van der Waals surface area contributed by atoms with Crippen molar-refractivity contribution in [2.24, 2.45) is 34.5 Å². The van der Waals surface area contributed by atoms with Crippen molar-refractivity contribution in [1.29, 1.82) is 0 Å². The number of cyclic esters (lactones) is 1. The molecule has 12 atom stereocenters. The van der Waals surface area contributed by atoms with E-state index in [1.807, 2.05) is 13.8 Å². The summed E-state index contributed by atoms with van der Waals surface area (Å²) in [6, 6.07) is 0. The third kappa shape index (κ3) is 4.34. The molecule has 10 heteroatoms. The zero-order valence-electron chi connectivity index (χ0n) is 24.1. The zero-order valence-corrected chi connectivity index (χ0v) is 24.1. The molecule has 5 fully saturated rings. The number of esters is 2. The van der Waals surface area contributed by atoms with E-state index < -0.39 is 46.7 Å². The molecular formula is C31H42O10. The summed E-state index contributed by atoms with van der Waals surface area (Å²) >= 11 is 0. The van der Waals surface area contributed by atoms with Gasteiger partial charge in [-0.2, -0.15) is 0 Å². The van der Waals surface area contributed by atoms with Crippen molar-refractivity contribution < 1.29 is 48.3 Å². The third-order valence-electron chi connectivity index (χ3n) is 11.9. The fourth-order valence-electron chi connectivity index (χ4n) is 9.89. The second-order valence-corrected chi connectivity index (χ2v) is 13.6. The van der Waals surface area contributed by atoms with Crippen LogP contribution in [0.15, 0.2) is 11.6 Å². The average molecular weight is 575 g/mol. The van der Waals surface area contributed by atoms with Crippen LogP contribution in [-0.2, 0) is 38.1 Å². The van der Waals surface area contributed by atoms with Gasteiger partial charge in [-0.25, -0.2) is 4.79 Å². The first-order valence-electron chi connectivity index (χ1n) is 15.2. The molecule has 6 aliphatic rings. The number of Topliss-reactive ketones (excluding diaryl/α,β-unsaturated/α-hetero) is 1. The number of hydrogen-bond donors (Lipinski definition) is 2. The molecule has 12 unspecified atom stereocenters. The first kappa shape index (κ1) is 29.0. The Balaban J connectivity index is 1.20. The summed E-state index contributed by atoms with van der Waals surface area (Å²) in [6.07, 6.45) is 4.09. The molecule has 6 rings (SSSR count). The Kier molecular flexibility index (Phi) is 7.23. The molecule has 4 saturated carbocycles. The Bertz CT molecular complexity index is 1150. The molecule has 0 amide bonds. The number of carbonyl (C=O) groups is 4. The van der Waals surface area contributed by atoms with E-state index in [0.29, 0.717) is 38.5 Å². The second kappa shape index (κ2) is 10.2. The lowest BCUT2D eigenvalue weighted by Gasteiger charge is -2.64. The quantitative estimate of drug-likeness (QED) is 0.285. The van der Waals surface area contributed by atoms with Gasteiger partial charge in [0.1, 0.15) is 12.9 Å². The molecule has 0 aromatic rings. The van der Waals surface area contributed by atoms with Gasteiger partial charge in [0.15, 0.2) is 6.10 Å². The highest BCUT2D eigenvalue weighted by Gasteiger charge is 2.71. The van der Waals surface area contributed by atoms with Gasteiger partial charge in [0.25, 0.3) is 0 Å². The summed E-state index contributed by atoms with van der Waals surface area (Å²) in [5.41, 5.74) is -1.85. The summed E-state index contributed by atoms with van der Waals surface area (Å²) in [4.78, 5) is 49.3. The van der Waals surface area contributed by atoms with Crippen LogP contribution in [-0.4, -0.2) is 77.1 Å². The van der Waals surface area contributed by atoms with E-state index in [1.165, 1.54) is 13.0 Å². The molecule has 0 spiro atoms. The van der Waals surface area contributed by atoms with Crippen molar-refractivity contribution >= 4 is 24.0 Å². The number of ketones is 1. The maximum atomic E-state index is 13.0. The van der Waals surface area contributed by atoms with Crippen LogP contribution in [0.2, 0.25) is 0 Å². The van der Waals surface area contributed by atoms with Crippen molar-refractivity contribution in [1.82, 2.24) is 0 Å². The lowest BCUT2D eigenvalue weighted by Crippen LogP contribution is -2.67. The first-order chi connectivity index (χ1) is 19.4. The molecule has 0 bridgehead atoms. The summed E-state index contributed by atoms with van der Waals surface area (Å²) in [7, 11) is 0. The molecule has 2 N–H and O–H groups in total. The molecule has 2 aliphatic heterocycles. The number of fused-ring (bicyclic) bond motifs is 5. The minimum absolute atomic E-state index is 0.0127. The Hall–Kier alpha value is -2.14. The summed E-state index contributed by atoms with van der Waals surface area (Å²) < 4.78 is 22.4. The van der Waals surface area contributed by atoms with Crippen LogP contribution in [0.5, 0.6) is 0 Å². The van der Waals surface area contributed by atoms with Crippen LogP contribution in [0.3, 0.4) is 0 Å². The van der Waals surface area contributed by atoms with Gasteiger partial charge in [-0.1, -0.05) is 6.92 Å². The average Bonchev–Trinajstić information content (AvgIpc) is 3.47. The molecule has 0 aromatic carbocycles. The monoisotopic (exact) mass is 574 g/mol. The Morgan fingerprint density at radius 2 is 1.88 bits per heavy atom. The Morgan fingerprint density at radius 1 is 1.10 bits per heavy atom. The van der Waals surface area contributed by atoms with Crippen molar-refractivity contribution in [2.45, 2.75) is 115 Å². The number of aliphatic hydroxyl groups is 2. The topological polar surface area (TPSA) is 146 Å².